The Morgan fingerprint density at radius 3 is 2.61 bits per heavy atom. The number of benzene rings is 2. The predicted molar refractivity (Wildman–Crippen MR) is 87.8 cm³/mol. The summed E-state index contributed by atoms with van der Waals surface area (Å²) in [5.74, 6) is 0.139. The number of nitrogens with zero attached hydrogens (tertiary/aromatic N) is 2. The molecule has 1 heterocycles. The Morgan fingerprint density at radius 2 is 1.96 bits per heavy atom. The molecule has 0 saturated carbocycles. The molecule has 0 aromatic heterocycles. The Labute approximate surface area is 138 Å². The van der Waals surface area contributed by atoms with Crippen LogP contribution in [0.15, 0.2) is 48.5 Å². The van der Waals surface area contributed by atoms with E-state index in [-0.39, 0.29) is 16.6 Å². The summed E-state index contributed by atoms with van der Waals surface area (Å²) in [7, 11) is 0. The molecule has 0 radical (unpaired) electrons. The van der Waals surface area contributed by atoms with Crippen molar-refractivity contribution in [3.63, 3.8) is 0 Å². The molecule has 1 unspecified atom stereocenters. The van der Waals surface area contributed by atoms with Gasteiger partial charge in [-0.05, 0) is 18.1 Å². The third-order valence-corrected chi connectivity index (χ3v) is 4.45. The average molecular weight is 331 g/mol. The highest BCUT2D eigenvalue weighted by atomic mass is 35.5. The maximum Gasteiger partial charge on any atom is 0.270 e. The van der Waals surface area contributed by atoms with Crippen LogP contribution >= 0.6 is 11.6 Å². The van der Waals surface area contributed by atoms with Gasteiger partial charge in [-0.3, -0.25) is 14.9 Å². The highest BCUT2D eigenvalue weighted by Gasteiger charge is 2.29. The van der Waals surface area contributed by atoms with Crippen LogP contribution in [0.5, 0.6) is 0 Å². The number of likely N-dealkylation sites (tertiary alicyclic amines) is 1. The van der Waals surface area contributed by atoms with Crippen LogP contribution in [0.3, 0.4) is 0 Å². The van der Waals surface area contributed by atoms with Gasteiger partial charge in [-0.1, -0.05) is 41.9 Å². The third-order valence-electron chi connectivity index (χ3n) is 4.14. The van der Waals surface area contributed by atoms with Crippen LogP contribution in [0.25, 0.3) is 0 Å². The molecule has 2 aromatic carbocycles. The van der Waals surface area contributed by atoms with Crippen LogP contribution in [0, 0.1) is 10.1 Å². The fourth-order valence-electron chi connectivity index (χ4n) is 2.90. The molecular weight excluding hydrogens is 316 g/mol. The van der Waals surface area contributed by atoms with Crippen LogP contribution < -0.4 is 0 Å². The van der Waals surface area contributed by atoms with E-state index in [9.17, 15) is 14.9 Å². The maximum absolute atomic E-state index is 12.6. The lowest BCUT2D eigenvalue weighted by atomic mass is 9.99. The Kier molecular flexibility index (Phi) is 4.30. The van der Waals surface area contributed by atoms with Crippen molar-refractivity contribution in [2.75, 3.05) is 13.1 Å². The average Bonchev–Trinajstić information content (AvgIpc) is 3.05. The zero-order chi connectivity index (χ0) is 16.4. The van der Waals surface area contributed by atoms with Gasteiger partial charge in [0.15, 0.2) is 0 Å². The first-order valence-electron chi connectivity index (χ1n) is 7.34. The molecule has 2 aromatic rings. The molecule has 23 heavy (non-hydrogen) atoms. The number of carbonyl (C=O) groups excluding carboxylic acids is 1. The minimum absolute atomic E-state index is 0.116. The van der Waals surface area contributed by atoms with E-state index in [2.05, 4.69) is 12.1 Å². The van der Waals surface area contributed by atoms with Crippen LogP contribution in [0.4, 0.5) is 5.69 Å². The van der Waals surface area contributed by atoms with E-state index < -0.39 is 4.92 Å². The first-order valence-corrected chi connectivity index (χ1v) is 7.72. The number of non-ortho nitro benzene ring substituents is 1. The zero-order valence-electron chi connectivity index (χ0n) is 12.3. The molecule has 0 aliphatic carbocycles. The second-order valence-corrected chi connectivity index (χ2v) is 5.98. The minimum Gasteiger partial charge on any atom is -0.338 e. The molecule has 0 spiro atoms. The van der Waals surface area contributed by atoms with E-state index >= 15 is 0 Å². The Bertz CT molecular complexity index is 749. The Balaban J connectivity index is 1.76. The number of hydrogen-bond acceptors (Lipinski definition) is 3. The van der Waals surface area contributed by atoms with E-state index in [0.29, 0.717) is 24.6 Å². The van der Waals surface area contributed by atoms with Crippen LogP contribution in [-0.2, 0) is 0 Å². The van der Waals surface area contributed by atoms with Crippen molar-refractivity contribution < 1.29 is 9.72 Å². The summed E-state index contributed by atoms with van der Waals surface area (Å²) in [4.78, 5) is 24.6. The molecule has 0 bridgehead atoms. The normalized spacial score (nSPS) is 17.3. The van der Waals surface area contributed by atoms with Crippen molar-refractivity contribution in [3.05, 3.63) is 74.8 Å². The van der Waals surface area contributed by atoms with Crippen molar-refractivity contribution in [3.8, 4) is 0 Å². The number of nitro benzene ring substituents is 1. The molecule has 6 heteroatoms. The number of carbonyl (C=O) groups is 1. The van der Waals surface area contributed by atoms with Crippen molar-refractivity contribution in [1.82, 2.24) is 4.90 Å². The monoisotopic (exact) mass is 330 g/mol. The molecule has 1 aliphatic heterocycles. The Hall–Kier alpha value is -2.40. The van der Waals surface area contributed by atoms with E-state index in [1.807, 2.05) is 18.2 Å². The van der Waals surface area contributed by atoms with Crippen molar-refractivity contribution >= 4 is 23.2 Å². The molecule has 0 N–H and O–H groups in total. The largest absolute Gasteiger partial charge is 0.338 e. The van der Waals surface area contributed by atoms with Crippen LogP contribution in [-0.4, -0.2) is 28.8 Å². The predicted octanol–water partition coefficient (Wildman–Crippen LogP) is 3.88. The fourth-order valence-corrected chi connectivity index (χ4v) is 3.16. The molecule has 1 fully saturated rings. The molecular formula is C17H15ClN2O3. The SMILES string of the molecule is O=C(c1ccc([N+](=O)[O-])cc1Cl)N1CCC(c2ccccc2)C1. The summed E-state index contributed by atoms with van der Waals surface area (Å²) in [5.41, 5.74) is 1.42. The van der Waals surface area contributed by atoms with Crippen LogP contribution in [0.2, 0.25) is 5.02 Å². The highest BCUT2D eigenvalue weighted by Crippen LogP contribution is 2.30. The standard InChI is InChI=1S/C17H15ClN2O3/c18-16-10-14(20(22)23)6-7-15(16)17(21)19-9-8-13(11-19)12-4-2-1-3-5-12/h1-7,10,13H,8-9,11H2. The van der Waals surface area contributed by atoms with E-state index in [4.69, 9.17) is 11.6 Å². The van der Waals surface area contributed by atoms with Gasteiger partial charge in [0.25, 0.3) is 11.6 Å². The third kappa shape index (κ3) is 3.19. The summed E-state index contributed by atoms with van der Waals surface area (Å²) in [6.45, 7) is 1.29. The summed E-state index contributed by atoms with van der Waals surface area (Å²) >= 11 is 6.05. The molecule has 3 rings (SSSR count). The summed E-state index contributed by atoms with van der Waals surface area (Å²) in [6, 6.07) is 14.1. The number of rotatable bonds is 3. The van der Waals surface area contributed by atoms with E-state index in [0.717, 1.165) is 6.42 Å². The topological polar surface area (TPSA) is 63.4 Å². The van der Waals surface area contributed by atoms with Gasteiger partial charge in [0.05, 0.1) is 15.5 Å². The van der Waals surface area contributed by atoms with Gasteiger partial charge in [0.2, 0.25) is 0 Å². The van der Waals surface area contributed by atoms with Crippen molar-refractivity contribution in [2.45, 2.75) is 12.3 Å². The fraction of sp³-hybridized carbons (Fsp3) is 0.235. The van der Waals surface area contributed by atoms with Crippen molar-refractivity contribution in [2.24, 2.45) is 0 Å². The number of amides is 1. The number of halogens is 1. The van der Waals surface area contributed by atoms with Gasteiger partial charge >= 0.3 is 0 Å². The summed E-state index contributed by atoms with van der Waals surface area (Å²) in [5, 5.41) is 10.9. The second-order valence-electron chi connectivity index (χ2n) is 5.57. The second kappa shape index (κ2) is 6.38. The quantitative estimate of drug-likeness (QED) is 0.633. The molecule has 1 saturated heterocycles. The van der Waals surface area contributed by atoms with Gasteiger partial charge in [0.1, 0.15) is 0 Å². The van der Waals surface area contributed by atoms with Crippen LogP contribution in [0.1, 0.15) is 28.3 Å². The molecule has 1 aliphatic rings. The van der Waals surface area contributed by atoms with Gasteiger partial charge in [-0.15, -0.1) is 0 Å². The maximum atomic E-state index is 12.6. The highest BCUT2D eigenvalue weighted by molar-refractivity contribution is 6.34. The van der Waals surface area contributed by atoms with Crippen molar-refractivity contribution in [1.29, 1.82) is 0 Å². The minimum atomic E-state index is -0.526. The van der Waals surface area contributed by atoms with Gasteiger partial charge in [-0.25, -0.2) is 0 Å². The summed E-state index contributed by atoms with van der Waals surface area (Å²) < 4.78 is 0. The number of hydrogen-bond donors (Lipinski definition) is 0. The molecule has 1 amide bonds. The molecule has 118 valence electrons. The van der Waals surface area contributed by atoms with E-state index in [1.165, 1.54) is 23.8 Å². The molecule has 5 nitrogen and oxygen atoms in total. The lowest BCUT2D eigenvalue weighted by Gasteiger charge is -2.17. The lowest BCUT2D eigenvalue weighted by molar-refractivity contribution is -0.384. The first kappa shape index (κ1) is 15.5. The zero-order valence-corrected chi connectivity index (χ0v) is 13.1. The first-order chi connectivity index (χ1) is 11.1. The Morgan fingerprint density at radius 1 is 1.22 bits per heavy atom. The van der Waals surface area contributed by atoms with Gasteiger partial charge < -0.3 is 4.90 Å². The van der Waals surface area contributed by atoms with E-state index in [1.54, 1.807) is 4.90 Å². The lowest BCUT2D eigenvalue weighted by Crippen LogP contribution is -2.28. The van der Waals surface area contributed by atoms with Gasteiger partial charge in [-0.2, -0.15) is 0 Å². The summed E-state index contributed by atoms with van der Waals surface area (Å²) in [6.07, 6.45) is 0.903. The molecule has 1 atom stereocenters. The smallest absolute Gasteiger partial charge is 0.270 e. The van der Waals surface area contributed by atoms with Gasteiger partial charge in [0, 0.05) is 31.1 Å². The number of nitro groups is 1.